The molecule has 4 aliphatic rings. The monoisotopic (exact) mass is 665 g/mol. The average molecular weight is 666 g/mol. The molecule has 0 spiro atoms. The lowest BCUT2D eigenvalue weighted by molar-refractivity contribution is 0.00899. The second-order valence-electron chi connectivity index (χ2n) is 15.0. The maximum absolute atomic E-state index is 14.0. The average Bonchev–Trinajstić information content (AvgIpc) is 3.21. The molecule has 2 aromatic heterocycles. The molecular formula is C35H51N7O6. The van der Waals surface area contributed by atoms with Crippen LogP contribution in [0.3, 0.4) is 0 Å². The van der Waals surface area contributed by atoms with Crippen LogP contribution in [-0.4, -0.2) is 115 Å². The van der Waals surface area contributed by atoms with Crippen molar-refractivity contribution < 1.29 is 28.5 Å². The van der Waals surface area contributed by atoms with Gasteiger partial charge in [0.15, 0.2) is 11.6 Å². The number of ether oxygens (including phenoxy) is 4. The number of nitrogens with zero attached hydrogens (tertiary/aromatic N) is 7. The fourth-order valence-electron chi connectivity index (χ4n) is 6.84. The summed E-state index contributed by atoms with van der Waals surface area (Å²) in [5.74, 6) is 1.85. The summed E-state index contributed by atoms with van der Waals surface area (Å²) in [5, 5.41) is 0. The lowest BCUT2D eigenvalue weighted by Gasteiger charge is -2.43. The number of morpholine rings is 1. The molecule has 2 aromatic rings. The summed E-state index contributed by atoms with van der Waals surface area (Å²) in [5.41, 5.74) is 1.89. The molecule has 262 valence electrons. The summed E-state index contributed by atoms with van der Waals surface area (Å²) in [6, 6.07) is 4.36. The number of hydrogen-bond donors (Lipinski definition) is 0. The number of piperazine rings is 1. The Bertz CT molecular complexity index is 1480. The molecular weight excluding hydrogens is 614 g/mol. The highest BCUT2D eigenvalue weighted by molar-refractivity contribution is 5.99. The normalized spacial score (nSPS) is 19.6. The molecule has 6 heterocycles. The number of anilines is 4. The number of fused-ring (bicyclic) bond motifs is 2. The quantitative estimate of drug-likeness (QED) is 0.436. The van der Waals surface area contributed by atoms with E-state index in [4.69, 9.17) is 28.9 Å². The zero-order chi connectivity index (χ0) is 34.2. The molecule has 48 heavy (non-hydrogen) atoms. The predicted molar refractivity (Wildman–Crippen MR) is 184 cm³/mol. The summed E-state index contributed by atoms with van der Waals surface area (Å²) >= 11 is 0. The van der Waals surface area contributed by atoms with Crippen LogP contribution in [-0.2, 0) is 20.8 Å². The molecule has 13 heteroatoms. The molecule has 3 fully saturated rings. The van der Waals surface area contributed by atoms with Crippen LogP contribution in [0.5, 0.6) is 5.75 Å². The number of aromatic nitrogens is 2. The summed E-state index contributed by atoms with van der Waals surface area (Å²) in [6.07, 6.45) is 2.95. The van der Waals surface area contributed by atoms with E-state index in [1.807, 2.05) is 65.5 Å². The van der Waals surface area contributed by atoms with Gasteiger partial charge in [-0.25, -0.2) is 24.5 Å². The molecule has 0 aliphatic carbocycles. The van der Waals surface area contributed by atoms with E-state index < -0.39 is 17.3 Å². The Hall–Kier alpha value is -3.84. The van der Waals surface area contributed by atoms with Gasteiger partial charge in [0, 0.05) is 76.4 Å². The Balaban J connectivity index is 1.22. The van der Waals surface area contributed by atoms with Gasteiger partial charge in [0.2, 0.25) is 0 Å². The van der Waals surface area contributed by atoms with Crippen molar-refractivity contribution in [2.45, 2.75) is 85.2 Å². The zero-order valence-electron chi connectivity index (χ0n) is 29.6. The van der Waals surface area contributed by atoms with Crippen LogP contribution in [0.25, 0.3) is 0 Å². The highest BCUT2D eigenvalue weighted by Gasteiger charge is 2.37. The maximum Gasteiger partial charge on any atom is 0.420 e. The number of piperidine rings is 1. The van der Waals surface area contributed by atoms with Crippen LogP contribution in [0.4, 0.5) is 32.6 Å². The number of amides is 2. The third-order valence-corrected chi connectivity index (χ3v) is 9.13. The number of rotatable bonds is 3. The minimum atomic E-state index is -0.711. The van der Waals surface area contributed by atoms with Crippen LogP contribution in [0.1, 0.15) is 65.6 Å². The van der Waals surface area contributed by atoms with Gasteiger partial charge < -0.3 is 33.6 Å². The number of carbonyl (C=O) groups excluding carboxylic acids is 2. The highest BCUT2D eigenvalue weighted by Crippen LogP contribution is 2.45. The van der Waals surface area contributed by atoms with Gasteiger partial charge in [-0.05, 0) is 67.4 Å². The molecule has 0 unspecified atom stereocenters. The Morgan fingerprint density at radius 3 is 2.12 bits per heavy atom. The molecule has 2 amide bonds. The van der Waals surface area contributed by atoms with Gasteiger partial charge in [0.25, 0.3) is 0 Å². The molecule has 0 aromatic carbocycles. The minimum Gasteiger partial charge on any atom is -0.485 e. The second kappa shape index (κ2) is 13.6. The molecule has 0 N–H and O–H groups in total. The van der Waals surface area contributed by atoms with Crippen LogP contribution in [0.15, 0.2) is 18.3 Å². The van der Waals surface area contributed by atoms with Crippen LogP contribution in [0.2, 0.25) is 0 Å². The smallest absolute Gasteiger partial charge is 0.420 e. The lowest BCUT2D eigenvalue weighted by Crippen LogP contribution is -2.55. The standard InChI is InChI=1S/C35H51N7O6/c1-24-30-28(22-29(37-24)40-12-9-25(10-13-40)38-14-16-41(17-15-38)32(43)47-34(2,3)4)42(33(44)48-35(5,6)7)31-26(23-46-30)27(8-11-36-31)39-18-20-45-21-19-39/h8,11,22,25H,9-10,12-21,23H2,1-7H3. The van der Waals surface area contributed by atoms with E-state index in [1.54, 1.807) is 11.1 Å². The number of hydrogen-bond acceptors (Lipinski definition) is 11. The van der Waals surface area contributed by atoms with E-state index in [0.29, 0.717) is 55.3 Å². The van der Waals surface area contributed by atoms with Gasteiger partial charge in [-0.3, -0.25) is 4.90 Å². The van der Waals surface area contributed by atoms with E-state index >= 15 is 0 Å². The topological polar surface area (TPSA) is 113 Å². The maximum atomic E-state index is 14.0. The zero-order valence-corrected chi connectivity index (χ0v) is 29.6. The van der Waals surface area contributed by atoms with Crippen LogP contribution >= 0.6 is 0 Å². The number of aryl methyl sites for hydroxylation is 1. The summed E-state index contributed by atoms with van der Waals surface area (Å²) in [7, 11) is 0. The van der Waals surface area contributed by atoms with Gasteiger partial charge in [0.05, 0.1) is 24.5 Å². The summed E-state index contributed by atoms with van der Waals surface area (Å²) in [6.45, 7) is 20.9. The van der Waals surface area contributed by atoms with Crippen molar-refractivity contribution in [2.24, 2.45) is 0 Å². The molecule has 6 rings (SSSR count). The third-order valence-electron chi connectivity index (χ3n) is 9.13. The van der Waals surface area contributed by atoms with E-state index in [9.17, 15) is 9.59 Å². The van der Waals surface area contributed by atoms with Crippen molar-refractivity contribution in [1.82, 2.24) is 19.8 Å². The van der Waals surface area contributed by atoms with Crippen molar-refractivity contribution in [1.29, 1.82) is 0 Å². The highest BCUT2D eigenvalue weighted by atomic mass is 16.6. The Morgan fingerprint density at radius 2 is 1.48 bits per heavy atom. The number of carbonyl (C=O) groups is 2. The fourth-order valence-corrected chi connectivity index (χ4v) is 6.84. The summed E-state index contributed by atoms with van der Waals surface area (Å²) < 4.78 is 23.6. The molecule has 0 atom stereocenters. The van der Waals surface area contributed by atoms with Crippen molar-refractivity contribution in [3.8, 4) is 5.75 Å². The van der Waals surface area contributed by atoms with E-state index in [-0.39, 0.29) is 12.7 Å². The van der Waals surface area contributed by atoms with Gasteiger partial charge in [-0.1, -0.05) is 0 Å². The first-order valence-electron chi connectivity index (χ1n) is 17.2. The first kappa shape index (κ1) is 34.0. The fraction of sp³-hybridized carbons (Fsp3) is 0.657. The first-order valence-corrected chi connectivity index (χ1v) is 17.2. The van der Waals surface area contributed by atoms with Crippen molar-refractivity contribution in [3.05, 3.63) is 29.6 Å². The second-order valence-corrected chi connectivity index (χ2v) is 15.0. The van der Waals surface area contributed by atoms with Gasteiger partial charge in [0.1, 0.15) is 29.3 Å². The molecule has 3 saturated heterocycles. The van der Waals surface area contributed by atoms with Crippen LogP contribution in [0, 0.1) is 6.92 Å². The Kier molecular flexibility index (Phi) is 9.63. The molecule has 0 bridgehead atoms. The first-order chi connectivity index (χ1) is 22.8. The van der Waals surface area contributed by atoms with E-state index in [2.05, 4.69) is 14.7 Å². The van der Waals surface area contributed by atoms with E-state index in [1.165, 1.54) is 0 Å². The Morgan fingerprint density at radius 1 is 0.833 bits per heavy atom. The third kappa shape index (κ3) is 7.57. The van der Waals surface area contributed by atoms with Crippen molar-refractivity contribution >= 4 is 35.2 Å². The lowest BCUT2D eigenvalue weighted by atomic mass is 10.0. The molecule has 0 radical (unpaired) electrons. The van der Waals surface area contributed by atoms with Crippen molar-refractivity contribution in [2.75, 3.05) is 80.3 Å². The minimum absolute atomic E-state index is 0.235. The van der Waals surface area contributed by atoms with Gasteiger partial charge in [-0.15, -0.1) is 0 Å². The van der Waals surface area contributed by atoms with Gasteiger partial charge in [-0.2, -0.15) is 0 Å². The largest absolute Gasteiger partial charge is 0.485 e. The van der Waals surface area contributed by atoms with Crippen LogP contribution < -0.4 is 19.4 Å². The summed E-state index contributed by atoms with van der Waals surface area (Å²) in [4.78, 5) is 46.8. The number of pyridine rings is 2. The Labute approximate surface area is 284 Å². The molecule has 4 aliphatic heterocycles. The molecule has 13 nitrogen and oxygen atoms in total. The van der Waals surface area contributed by atoms with E-state index in [0.717, 1.165) is 69.2 Å². The molecule has 0 saturated carbocycles. The van der Waals surface area contributed by atoms with Crippen molar-refractivity contribution in [3.63, 3.8) is 0 Å². The predicted octanol–water partition coefficient (Wildman–Crippen LogP) is 5.11. The van der Waals surface area contributed by atoms with Gasteiger partial charge >= 0.3 is 12.2 Å². The SMILES string of the molecule is Cc1nc(N2CCC(N3CCN(C(=O)OC(C)(C)C)CC3)CC2)cc2c1OCc1c(N3CCOCC3)ccnc1N2C(=O)OC(C)(C)C.